The molecule has 2 heterocycles. The van der Waals surface area contributed by atoms with Crippen LogP contribution in [0, 0.1) is 0 Å². The van der Waals surface area contributed by atoms with Gasteiger partial charge in [-0.2, -0.15) is 0 Å². The number of fused-ring (bicyclic) bond motifs is 2. The van der Waals surface area contributed by atoms with Gasteiger partial charge in [0, 0.05) is 11.1 Å². The lowest BCUT2D eigenvalue weighted by Gasteiger charge is -2.30. The van der Waals surface area contributed by atoms with Gasteiger partial charge >= 0.3 is 10.7 Å². The fraction of sp³-hybridized carbons (Fsp3) is 0.0526. The van der Waals surface area contributed by atoms with E-state index in [4.69, 9.17) is 23.2 Å². The Morgan fingerprint density at radius 2 is 1.37 bits per heavy atom. The number of rotatable bonds is 0. The summed E-state index contributed by atoms with van der Waals surface area (Å²) in [5.74, 6) is -1.16. The van der Waals surface area contributed by atoms with E-state index < -0.39 is 22.3 Å². The largest absolute Gasteiger partial charge is 0.325 e. The van der Waals surface area contributed by atoms with Crippen LogP contribution in [0.2, 0.25) is 0 Å². The number of hydrogen-bond acceptors (Lipinski definition) is 4. The molecule has 2 aromatic rings. The van der Waals surface area contributed by atoms with E-state index in [1.54, 1.807) is 36.4 Å². The van der Waals surface area contributed by atoms with Crippen molar-refractivity contribution in [2.45, 2.75) is 6.54 Å². The SMILES string of the molecule is O=C1/C(=C2/C(=O)c3ccccc3N2C(=O)Cl)N(C(=O)Cl)Cc2ccccc21. The molecule has 0 N–H and O–H groups in total. The van der Waals surface area contributed by atoms with E-state index in [1.807, 2.05) is 0 Å². The Labute approximate surface area is 163 Å². The quantitative estimate of drug-likeness (QED) is 0.375. The van der Waals surface area contributed by atoms with Gasteiger partial charge in [0.2, 0.25) is 11.6 Å². The monoisotopic (exact) mass is 400 g/mol. The second-order valence-corrected chi connectivity index (χ2v) is 6.60. The number of benzene rings is 2. The fourth-order valence-electron chi connectivity index (χ4n) is 3.37. The molecule has 0 bridgehead atoms. The molecule has 0 spiro atoms. The maximum Gasteiger partial charge on any atom is 0.325 e. The van der Waals surface area contributed by atoms with Crippen molar-refractivity contribution in [3.63, 3.8) is 0 Å². The molecule has 2 amide bonds. The van der Waals surface area contributed by atoms with Gasteiger partial charge in [-0.1, -0.05) is 36.4 Å². The molecule has 0 saturated heterocycles. The molecule has 0 atom stereocenters. The van der Waals surface area contributed by atoms with Gasteiger partial charge in [-0.25, -0.2) is 0 Å². The van der Waals surface area contributed by atoms with E-state index in [9.17, 15) is 19.2 Å². The third-order valence-electron chi connectivity index (χ3n) is 4.52. The van der Waals surface area contributed by atoms with E-state index in [0.29, 0.717) is 11.1 Å². The number of halogens is 2. The second kappa shape index (κ2) is 6.33. The van der Waals surface area contributed by atoms with Crippen LogP contribution in [0.5, 0.6) is 0 Å². The smallest absolute Gasteiger partial charge is 0.289 e. The van der Waals surface area contributed by atoms with Crippen LogP contribution in [-0.2, 0) is 6.54 Å². The fourth-order valence-corrected chi connectivity index (χ4v) is 3.69. The molecule has 2 aliphatic heterocycles. The highest BCUT2D eigenvalue weighted by molar-refractivity contribution is 6.67. The number of anilines is 1. The number of nitrogens with zero attached hydrogens (tertiary/aromatic N) is 2. The van der Waals surface area contributed by atoms with Gasteiger partial charge in [0.1, 0.15) is 11.4 Å². The average molecular weight is 401 g/mol. The third-order valence-corrected chi connectivity index (χ3v) is 4.89. The summed E-state index contributed by atoms with van der Waals surface area (Å²) in [6.07, 6.45) is 0. The lowest BCUT2D eigenvalue weighted by molar-refractivity contribution is 0.0963. The lowest BCUT2D eigenvalue weighted by atomic mass is 9.94. The zero-order valence-electron chi connectivity index (χ0n) is 13.6. The van der Waals surface area contributed by atoms with Crippen LogP contribution >= 0.6 is 23.2 Å². The third kappa shape index (κ3) is 2.57. The van der Waals surface area contributed by atoms with Crippen molar-refractivity contribution in [3.05, 3.63) is 76.6 Å². The van der Waals surface area contributed by atoms with Crippen molar-refractivity contribution >= 4 is 51.2 Å². The van der Waals surface area contributed by atoms with Crippen molar-refractivity contribution in [1.82, 2.24) is 4.90 Å². The highest BCUT2D eigenvalue weighted by Gasteiger charge is 2.43. The summed E-state index contributed by atoms with van der Waals surface area (Å²) in [5, 5.41) is -1.91. The number of allylic oxidation sites excluding steroid dienone is 2. The molecule has 4 rings (SSSR count). The van der Waals surface area contributed by atoms with Crippen LogP contribution in [-0.4, -0.2) is 27.2 Å². The molecule has 0 saturated carbocycles. The first kappa shape index (κ1) is 17.5. The second-order valence-electron chi connectivity index (χ2n) is 5.96. The maximum atomic E-state index is 13.1. The van der Waals surface area contributed by atoms with Gasteiger partial charge in [0.25, 0.3) is 0 Å². The van der Waals surface area contributed by atoms with Gasteiger partial charge in [-0.05, 0) is 40.9 Å². The Morgan fingerprint density at radius 3 is 2.04 bits per heavy atom. The van der Waals surface area contributed by atoms with Crippen molar-refractivity contribution in [1.29, 1.82) is 0 Å². The van der Waals surface area contributed by atoms with Crippen LogP contribution < -0.4 is 4.90 Å². The number of para-hydroxylation sites is 1. The molecule has 134 valence electrons. The number of amides is 2. The van der Waals surface area contributed by atoms with Gasteiger partial charge in [-0.15, -0.1) is 0 Å². The Morgan fingerprint density at radius 1 is 0.778 bits per heavy atom. The molecule has 0 fully saturated rings. The summed E-state index contributed by atoms with van der Waals surface area (Å²) in [6, 6.07) is 13.0. The van der Waals surface area contributed by atoms with E-state index in [1.165, 1.54) is 12.1 Å². The van der Waals surface area contributed by atoms with Gasteiger partial charge in [-0.3, -0.25) is 29.0 Å². The normalized spacial score (nSPS) is 18.4. The van der Waals surface area contributed by atoms with Crippen LogP contribution in [0.4, 0.5) is 15.3 Å². The summed E-state index contributed by atoms with van der Waals surface area (Å²) >= 11 is 11.4. The summed E-state index contributed by atoms with van der Waals surface area (Å²) in [6.45, 7) is -0.00295. The summed E-state index contributed by atoms with van der Waals surface area (Å²) in [5.41, 5.74) is 0.849. The first-order valence-electron chi connectivity index (χ1n) is 7.89. The first-order chi connectivity index (χ1) is 12.9. The Kier molecular flexibility index (Phi) is 4.09. The highest BCUT2D eigenvalue weighted by Crippen LogP contribution is 2.40. The van der Waals surface area contributed by atoms with Crippen molar-refractivity contribution in [2.75, 3.05) is 4.90 Å². The van der Waals surface area contributed by atoms with Crippen molar-refractivity contribution in [3.8, 4) is 0 Å². The lowest BCUT2D eigenvalue weighted by Crippen LogP contribution is -2.39. The molecule has 2 aromatic carbocycles. The number of carbonyl (C=O) groups excluding carboxylic acids is 4. The van der Waals surface area contributed by atoms with Gasteiger partial charge < -0.3 is 0 Å². The average Bonchev–Trinajstić information content (AvgIpc) is 2.94. The number of carbonyl (C=O) groups is 4. The molecule has 0 radical (unpaired) electrons. The molecule has 6 nitrogen and oxygen atoms in total. The molecular weight excluding hydrogens is 391 g/mol. The van der Waals surface area contributed by atoms with E-state index >= 15 is 0 Å². The van der Waals surface area contributed by atoms with Crippen LogP contribution in [0.1, 0.15) is 26.3 Å². The van der Waals surface area contributed by atoms with Crippen molar-refractivity contribution in [2.24, 2.45) is 0 Å². The van der Waals surface area contributed by atoms with Gasteiger partial charge in [0.05, 0.1) is 12.2 Å². The molecule has 0 unspecified atom stereocenters. The molecule has 8 heteroatoms. The van der Waals surface area contributed by atoms with Crippen LogP contribution in [0.15, 0.2) is 59.9 Å². The molecule has 0 aliphatic carbocycles. The molecule has 2 aliphatic rings. The highest BCUT2D eigenvalue weighted by atomic mass is 35.5. The number of ketones is 2. The number of hydrogen-bond donors (Lipinski definition) is 0. The minimum absolute atomic E-state index is 0.00295. The number of Topliss-reactive ketones (excluding diaryl/α,β-unsaturated/α-hetero) is 2. The van der Waals surface area contributed by atoms with Crippen molar-refractivity contribution < 1.29 is 19.2 Å². The van der Waals surface area contributed by atoms with Crippen LogP contribution in [0.25, 0.3) is 0 Å². The van der Waals surface area contributed by atoms with E-state index in [-0.39, 0.29) is 29.2 Å². The molecular formula is C19H10Cl2N2O4. The minimum Gasteiger partial charge on any atom is -0.289 e. The Balaban J connectivity index is 2.02. The zero-order valence-corrected chi connectivity index (χ0v) is 15.1. The first-order valence-corrected chi connectivity index (χ1v) is 8.64. The Bertz CT molecular complexity index is 1080. The van der Waals surface area contributed by atoms with E-state index in [0.717, 1.165) is 9.80 Å². The predicted molar refractivity (Wildman–Crippen MR) is 99.1 cm³/mol. The summed E-state index contributed by atoms with van der Waals surface area (Å²) in [4.78, 5) is 52.2. The van der Waals surface area contributed by atoms with Crippen LogP contribution in [0.3, 0.4) is 0 Å². The zero-order chi connectivity index (χ0) is 19.3. The standard InChI is InChI=1S/C19H10Cl2N2O4/c20-18(26)22-9-10-5-1-2-6-11(10)16(24)14(22)15-17(25)12-7-3-4-8-13(12)23(15)19(21)27/h1-8H,9H2/b15-14+. The summed E-state index contributed by atoms with van der Waals surface area (Å²) < 4.78 is 0. The minimum atomic E-state index is -0.968. The predicted octanol–water partition coefficient (Wildman–Crippen LogP) is 4.32. The Hall–Kier alpha value is -2.96. The summed E-state index contributed by atoms with van der Waals surface area (Å²) in [7, 11) is 0. The molecule has 0 aromatic heterocycles. The topological polar surface area (TPSA) is 74.8 Å². The maximum absolute atomic E-state index is 13.1. The van der Waals surface area contributed by atoms with Gasteiger partial charge in [0.15, 0.2) is 0 Å². The molecule has 27 heavy (non-hydrogen) atoms. The van der Waals surface area contributed by atoms with E-state index in [2.05, 4.69) is 0 Å².